The van der Waals surface area contributed by atoms with Gasteiger partial charge in [-0.3, -0.25) is 4.98 Å². The van der Waals surface area contributed by atoms with E-state index in [9.17, 15) is 0 Å². The van der Waals surface area contributed by atoms with Crippen LogP contribution in [0.2, 0.25) is 5.02 Å². The predicted octanol–water partition coefficient (Wildman–Crippen LogP) is 1.96. The maximum atomic E-state index is 8.88. The molecule has 0 atom stereocenters. The Balaban J connectivity index is 0.000000221. The molecule has 5 nitrogen and oxygen atoms in total. The highest BCUT2D eigenvalue weighted by Crippen LogP contribution is 2.25. The molecule has 1 aromatic carbocycles. The van der Waals surface area contributed by atoms with Gasteiger partial charge in [-0.15, -0.1) is 0 Å². The second kappa shape index (κ2) is 5.39. The summed E-state index contributed by atoms with van der Waals surface area (Å²) in [5.74, 6) is 0. The lowest BCUT2D eigenvalue weighted by molar-refractivity contribution is 0.275. The van der Waals surface area contributed by atoms with Crippen LogP contribution in [-0.2, 0) is 4.57 Å². The van der Waals surface area contributed by atoms with Crippen molar-refractivity contribution >= 4 is 30.3 Å². The first-order valence-corrected chi connectivity index (χ1v) is 6.09. The Kier molecular flexibility index (Phi) is 4.41. The van der Waals surface area contributed by atoms with Crippen molar-refractivity contribution in [2.75, 3.05) is 0 Å². The van der Waals surface area contributed by atoms with Crippen LogP contribution < -0.4 is 0 Å². The molecule has 0 aliphatic carbocycles. The van der Waals surface area contributed by atoms with Crippen LogP contribution in [0.5, 0.6) is 0 Å². The first kappa shape index (κ1) is 13.1. The van der Waals surface area contributed by atoms with Gasteiger partial charge in [0.25, 0.3) is 0 Å². The average Bonchev–Trinajstić information content (AvgIpc) is 2.15. The summed E-state index contributed by atoms with van der Waals surface area (Å²) in [4.78, 5) is 25.7. The molecule has 2 aromatic rings. The SMILES string of the molecule is Clc1ccc2cccnc2c1.O=P(O)(O)O. The van der Waals surface area contributed by atoms with E-state index in [2.05, 4.69) is 4.98 Å². The Morgan fingerprint density at radius 2 is 1.81 bits per heavy atom. The van der Waals surface area contributed by atoms with Crippen LogP contribution in [0.1, 0.15) is 0 Å². The molecule has 1 heterocycles. The van der Waals surface area contributed by atoms with Gasteiger partial charge in [0.2, 0.25) is 0 Å². The fourth-order valence-corrected chi connectivity index (χ4v) is 1.21. The molecule has 16 heavy (non-hydrogen) atoms. The van der Waals surface area contributed by atoms with Crippen molar-refractivity contribution < 1.29 is 19.2 Å². The van der Waals surface area contributed by atoms with Gasteiger partial charge in [-0.2, -0.15) is 0 Å². The van der Waals surface area contributed by atoms with Crippen molar-refractivity contribution in [1.82, 2.24) is 4.98 Å². The summed E-state index contributed by atoms with van der Waals surface area (Å²) in [6.07, 6.45) is 1.76. The Morgan fingerprint density at radius 1 is 1.19 bits per heavy atom. The van der Waals surface area contributed by atoms with Crippen molar-refractivity contribution in [2.24, 2.45) is 0 Å². The molecule has 1 aromatic heterocycles. The summed E-state index contributed by atoms with van der Waals surface area (Å²) in [6, 6.07) is 9.61. The molecule has 0 unspecified atom stereocenters. The van der Waals surface area contributed by atoms with Crippen LogP contribution in [0, 0.1) is 0 Å². The summed E-state index contributed by atoms with van der Waals surface area (Å²) in [6.45, 7) is 0. The van der Waals surface area contributed by atoms with Gasteiger partial charge >= 0.3 is 7.82 Å². The van der Waals surface area contributed by atoms with Gasteiger partial charge in [0.1, 0.15) is 0 Å². The summed E-state index contributed by atoms with van der Waals surface area (Å²) in [5, 5.41) is 1.85. The second-order valence-electron chi connectivity index (χ2n) is 2.85. The number of hydrogen-bond donors (Lipinski definition) is 3. The lowest BCUT2D eigenvalue weighted by Crippen LogP contribution is -1.75. The van der Waals surface area contributed by atoms with Crippen molar-refractivity contribution in [2.45, 2.75) is 0 Å². The number of pyridine rings is 1. The number of fused-ring (bicyclic) bond motifs is 1. The number of rotatable bonds is 0. The fraction of sp³-hybridized carbons (Fsp3) is 0. The summed E-state index contributed by atoms with van der Waals surface area (Å²) in [5.41, 5.74) is 0.944. The van der Waals surface area contributed by atoms with E-state index in [1.54, 1.807) is 6.20 Å². The lowest BCUT2D eigenvalue weighted by atomic mass is 10.2. The summed E-state index contributed by atoms with van der Waals surface area (Å²) in [7, 11) is -4.64. The lowest BCUT2D eigenvalue weighted by Gasteiger charge is -1.94. The van der Waals surface area contributed by atoms with Gasteiger partial charge in [0, 0.05) is 16.6 Å². The minimum atomic E-state index is -4.64. The van der Waals surface area contributed by atoms with Crippen LogP contribution in [-0.4, -0.2) is 19.7 Å². The van der Waals surface area contributed by atoms with Gasteiger partial charge in [0.15, 0.2) is 0 Å². The largest absolute Gasteiger partial charge is 0.466 e. The minimum absolute atomic E-state index is 0.733. The summed E-state index contributed by atoms with van der Waals surface area (Å²) >= 11 is 5.78. The van der Waals surface area contributed by atoms with E-state index in [0.717, 1.165) is 15.9 Å². The molecule has 0 saturated heterocycles. The summed E-state index contributed by atoms with van der Waals surface area (Å²) < 4.78 is 8.88. The average molecular weight is 262 g/mol. The van der Waals surface area contributed by atoms with E-state index in [-0.39, 0.29) is 0 Å². The molecule has 0 fully saturated rings. The maximum Gasteiger partial charge on any atom is 0.466 e. The third-order valence-corrected chi connectivity index (χ3v) is 1.80. The Labute approximate surface area is 96.6 Å². The van der Waals surface area contributed by atoms with Crippen molar-refractivity contribution in [3.05, 3.63) is 41.6 Å². The van der Waals surface area contributed by atoms with Crippen molar-refractivity contribution in [3.63, 3.8) is 0 Å². The number of benzene rings is 1. The zero-order valence-electron chi connectivity index (χ0n) is 7.99. The third kappa shape index (κ3) is 5.21. The quantitative estimate of drug-likeness (QED) is 0.631. The van der Waals surface area contributed by atoms with Crippen LogP contribution in [0.15, 0.2) is 36.5 Å². The molecule has 0 aliphatic heterocycles. The van der Waals surface area contributed by atoms with Gasteiger partial charge in [0.05, 0.1) is 5.52 Å². The van der Waals surface area contributed by atoms with Crippen LogP contribution in [0.3, 0.4) is 0 Å². The molecule has 0 spiro atoms. The Bertz CT molecular complexity index is 519. The standard InChI is InChI=1S/C9H6ClN.H3O4P/c10-8-4-3-7-2-1-5-11-9(7)6-8;1-5(2,3)4/h1-6H;(H3,1,2,3,4). The fourth-order valence-electron chi connectivity index (χ4n) is 1.04. The first-order chi connectivity index (χ1) is 7.36. The van der Waals surface area contributed by atoms with E-state index in [1.165, 1.54) is 0 Å². The first-order valence-electron chi connectivity index (χ1n) is 4.15. The molecule has 86 valence electrons. The molecule has 0 bridgehead atoms. The Hall–Kier alpha value is -0.970. The van der Waals surface area contributed by atoms with E-state index in [4.69, 9.17) is 30.8 Å². The highest BCUT2D eigenvalue weighted by atomic mass is 35.5. The van der Waals surface area contributed by atoms with Gasteiger partial charge in [-0.05, 0) is 18.2 Å². The van der Waals surface area contributed by atoms with Crippen molar-refractivity contribution in [3.8, 4) is 0 Å². The normalized spacial score (nSPS) is 10.8. The molecule has 0 aliphatic rings. The number of halogens is 1. The third-order valence-electron chi connectivity index (χ3n) is 1.57. The molecule has 0 amide bonds. The molecule has 0 radical (unpaired) electrons. The van der Waals surface area contributed by atoms with E-state index in [0.29, 0.717) is 0 Å². The predicted molar refractivity (Wildman–Crippen MR) is 61.0 cm³/mol. The number of nitrogens with zero attached hydrogens (tertiary/aromatic N) is 1. The Morgan fingerprint density at radius 3 is 2.44 bits per heavy atom. The highest BCUT2D eigenvalue weighted by Gasteiger charge is 2.00. The minimum Gasteiger partial charge on any atom is -0.303 e. The van der Waals surface area contributed by atoms with E-state index in [1.807, 2.05) is 30.3 Å². The molecular formula is C9H9ClNO4P. The zero-order valence-corrected chi connectivity index (χ0v) is 9.64. The van der Waals surface area contributed by atoms with Gasteiger partial charge in [-0.1, -0.05) is 23.7 Å². The van der Waals surface area contributed by atoms with Crippen LogP contribution in [0.4, 0.5) is 0 Å². The second-order valence-corrected chi connectivity index (χ2v) is 4.32. The monoisotopic (exact) mass is 261 g/mol. The topological polar surface area (TPSA) is 90.7 Å². The van der Waals surface area contributed by atoms with Gasteiger partial charge in [-0.25, -0.2) is 4.57 Å². The number of phosphoric acid groups is 1. The highest BCUT2D eigenvalue weighted by molar-refractivity contribution is 7.45. The smallest absolute Gasteiger partial charge is 0.303 e. The molecule has 7 heteroatoms. The van der Waals surface area contributed by atoms with E-state index < -0.39 is 7.82 Å². The molecule has 2 rings (SSSR count). The number of hydrogen-bond acceptors (Lipinski definition) is 2. The van der Waals surface area contributed by atoms with E-state index >= 15 is 0 Å². The van der Waals surface area contributed by atoms with Crippen LogP contribution in [0.25, 0.3) is 10.9 Å². The van der Waals surface area contributed by atoms with Crippen molar-refractivity contribution in [1.29, 1.82) is 0 Å². The maximum absolute atomic E-state index is 8.88. The number of aromatic nitrogens is 1. The molecular weight excluding hydrogens is 253 g/mol. The zero-order chi connectivity index (χ0) is 12.2. The van der Waals surface area contributed by atoms with Crippen LogP contribution >= 0.6 is 19.4 Å². The molecule has 0 saturated carbocycles. The van der Waals surface area contributed by atoms with Gasteiger partial charge < -0.3 is 14.7 Å². The molecule has 3 N–H and O–H groups in total.